The zero-order chi connectivity index (χ0) is 16.1. The molecule has 5 nitrogen and oxygen atoms in total. The number of rotatable bonds is 4. The fraction of sp³-hybridized carbons (Fsp3) is 0.312. The number of anilines is 1. The summed E-state index contributed by atoms with van der Waals surface area (Å²) in [5.74, 6) is -0.0393. The second kappa shape index (κ2) is 7.52. The molecule has 3 rings (SSSR count). The van der Waals surface area contributed by atoms with E-state index in [1.807, 2.05) is 29.0 Å². The molecule has 1 aliphatic heterocycles. The molecule has 0 atom stereocenters. The van der Waals surface area contributed by atoms with Gasteiger partial charge in [0.15, 0.2) is 5.13 Å². The molecule has 120 valence electrons. The number of likely N-dealkylation sites (tertiary alicyclic amines) is 1. The Kier molecular flexibility index (Phi) is 5.19. The predicted molar refractivity (Wildman–Crippen MR) is 93.4 cm³/mol. The molecule has 2 aromatic rings. The van der Waals surface area contributed by atoms with Gasteiger partial charge in [0.1, 0.15) is 0 Å². The lowest BCUT2D eigenvalue weighted by Crippen LogP contribution is -2.40. The summed E-state index contributed by atoms with van der Waals surface area (Å²) in [5, 5.41) is 7.28. The Labute approximate surface area is 142 Å². The zero-order valence-corrected chi connectivity index (χ0v) is 14.1. The number of carbonyl (C=O) groups excluding carboxylic acids is 2. The van der Waals surface area contributed by atoms with Crippen molar-refractivity contribution in [3.63, 3.8) is 0 Å². The molecule has 2 amide bonds. The third-order valence-corrected chi connectivity index (χ3v) is 5.30. The highest BCUT2D eigenvalue weighted by Crippen LogP contribution is 2.21. The van der Waals surface area contributed by atoms with Crippen LogP contribution < -0.4 is 5.32 Å². The molecule has 3 heterocycles. The number of thiazole rings is 1. The third-order valence-electron chi connectivity index (χ3n) is 3.77. The second-order valence-electron chi connectivity index (χ2n) is 5.27. The van der Waals surface area contributed by atoms with Gasteiger partial charge in [0, 0.05) is 41.5 Å². The van der Waals surface area contributed by atoms with E-state index in [0.717, 1.165) is 4.88 Å². The summed E-state index contributed by atoms with van der Waals surface area (Å²) in [6, 6.07) is 3.94. The zero-order valence-electron chi connectivity index (χ0n) is 12.5. The second-order valence-corrected chi connectivity index (χ2v) is 7.15. The number of hydrogen-bond acceptors (Lipinski definition) is 5. The lowest BCUT2D eigenvalue weighted by atomic mass is 9.96. The van der Waals surface area contributed by atoms with Gasteiger partial charge < -0.3 is 10.2 Å². The van der Waals surface area contributed by atoms with Gasteiger partial charge in [-0.3, -0.25) is 9.59 Å². The van der Waals surface area contributed by atoms with Crippen LogP contribution >= 0.6 is 22.7 Å². The van der Waals surface area contributed by atoms with E-state index in [2.05, 4.69) is 10.3 Å². The van der Waals surface area contributed by atoms with Crippen LogP contribution in [0.5, 0.6) is 0 Å². The number of nitrogens with zero attached hydrogens (tertiary/aromatic N) is 2. The molecule has 1 saturated heterocycles. The number of carbonyl (C=O) groups is 2. The molecule has 2 aromatic heterocycles. The van der Waals surface area contributed by atoms with Crippen molar-refractivity contribution in [2.24, 2.45) is 5.92 Å². The van der Waals surface area contributed by atoms with E-state index >= 15 is 0 Å². The standard InChI is InChI=1S/C16H17N3O2S2/c20-14(4-3-13-2-1-10-22-13)19-8-5-12(6-9-19)15(21)18-16-17-7-11-23-16/h1-4,7,10-12H,5-6,8-9H2,(H,17,18,21)/b4-3+. The maximum absolute atomic E-state index is 12.2. The Morgan fingerprint density at radius 3 is 2.74 bits per heavy atom. The normalized spacial score (nSPS) is 15.9. The van der Waals surface area contributed by atoms with Crippen LogP contribution in [-0.4, -0.2) is 34.8 Å². The number of thiophene rings is 1. The lowest BCUT2D eigenvalue weighted by molar-refractivity contribution is -0.130. The quantitative estimate of drug-likeness (QED) is 0.865. The predicted octanol–water partition coefficient (Wildman–Crippen LogP) is 3.10. The van der Waals surface area contributed by atoms with Gasteiger partial charge in [-0.2, -0.15) is 0 Å². The summed E-state index contributed by atoms with van der Waals surface area (Å²) >= 11 is 3.01. The van der Waals surface area contributed by atoms with E-state index in [1.165, 1.54) is 11.3 Å². The molecule has 1 N–H and O–H groups in total. The van der Waals surface area contributed by atoms with Gasteiger partial charge in [-0.05, 0) is 30.4 Å². The van der Waals surface area contributed by atoms with E-state index in [-0.39, 0.29) is 17.7 Å². The molecule has 7 heteroatoms. The average molecular weight is 347 g/mol. The Hall–Kier alpha value is -1.99. The van der Waals surface area contributed by atoms with Gasteiger partial charge in [0.2, 0.25) is 11.8 Å². The summed E-state index contributed by atoms with van der Waals surface area (Å²) in [6.45, 7) is 1.23. The van der Waals surface area contributed by atoms with E-state index in [4.69, 9.17) is 0 Å². The summed E-state index contributed by atoms with van der Waals surface area (Å²) in [7, 11) is 0. The van der Waals surface area contributed by atoms with Crippen molar-refractivity contribution in [2.45, 2.75) is 12.8 Å². The molecule has 0 aliphatic carbocycles. The fourth-order valence-electron chi connectivity index (χ4n) is 2.50. The minimum absolute atomic E-state index is 0.00109. The number of hydrogen-bond donors (Lipinski definition) is 1. The van der Waals surface area contributed by atoms with Gasteiger partial charge in [-0.25, -0.2) is 4.98 Å². The minimum Gasteiger partial charge on any atom is -0.339 e. The van der Waals surface area contributed by atoms with Gasteiger partial charge in [0.05, 0.1) is 0 Å². The number of aromatic nitrogens is 1. The number of amides is 2. The van der Waals surface area contributed by atoms with Crippen LogP contribution in [0, 0.1) is 5.92 Å². The summed E-state index contributed by atoms with van der Waals surface area (Å²) < 4.78 is 0. The van der Waals surface area contributed by atoms with Crippen LogP contribution in [0.15, 0.2) is 35.2 Å². The van der Waals surface area contributed by atoms with E-state index < -0.39 is 0 Å². The molecule has 0 spiro atoms. The third kappa shape index (κ3) is 4.27. The van der Waals surface area contributed by atoms with Gasteiger partial charge in [0.25, 0.3) is 0 Å². The Balaban J connectivity index is 1.48. The van der Waals surface area contributed by atoms with Crippen molar-refractivity contribution in [3.8, 4) is 0 Å². The highest BCUT2D eigenvalue weighted by atomic mass is 32.1. The largest absolute Gasteiger partial charge is 0.339 e. The van der Waals surface area contributed by atoms with Gasteiger partial charge >= 0.3 is 0 Å². The monoisotopic (exact) mass is 347 g/mol. The van der Waals surface area contributed by atoms with Gasteiger partial charge in [-0.15, -0.1) is 22.7 Å². The lowest BCUT2D eigenvalue weighted by Gasteiger charge is -2.30. The molecule has 0 unspecified atom stereocenters. The number of nitrogens with one attached hydrogen (secondary N) is 1. The Bertz CT molecular complexity index is 672. The van der Waals surface area contributed by atoms with Crippen molar-refractivity contribution >= 4 is 45.7 Å². The Morgan fingerprint density at radius 2 is 2.09 bits per heavy atom. The molecule has 1 aliphatic rings. The van der Waals surface area contributed by atoms with Crippen molar-refractivity contribution < 1.29 is 9.59 Å². The fourth-order valence-corrected chi connectivity index (χ4v) is 3.65. The molecule has 0 bridgehead atoms. The summed E-state index contributed by atoms with van der Waals surface area (Å²) in [4.78, 5) is 31.2. The van der Waals surface area contributed by atoms with E-state index in [1.54, 1.807) is 28.5 Å². The topological polar surface area (TPSA) is 62.3 Å². The molecule has 0 saturated carbocycles. The average Bonchev–Trinajstić information content (AvgIpc) is 3.26. The minimum atomic E-state index is -0.0516. The maximum atomic E-state index is 12.2. The number of piperidine rings is 1. The van der Waals surface area contributed by atoms with Crippen molar-refractivity contribution in [3.05, 3.63) is 40.0 Å². The van der Waals surface area contributed by atoms with E-state index in [0.29, 0.717) is 31.1 Å². The summed E-state index contributed by atoms with van der Waals surface area (Å²) in [5.41, 5.74) is 0. The Morgan fingerprint density at radius 1 is 1.26 bits per heavy atom. The van der Waals surface area contributed by atoms with Crippen molar-refractivity contribution in [2.75, 3.05) is 18.4 Å². The van der Waals surface area contributed by atoms with Crippen molar-refractivity contribution in [1.82, 2.24) is 9.88 Å². The van der Waals surface area contributed by atoms with E-state index in [9.17, 15) is 9.59 Å². The van der Waals surface area contributed by atoms with Crippen LogP contribution in [0.4, 0.5) is 5.13 Å². The van der Waals surface area contributed by atoms with Crippen LogP contribution in [0.3, 0.4) is 0 Å². The van der Waals surface area contributed by atoms with Crippen LogP contribution in [0.2, 0.25) is 0 Å². The first-order chi connectivity index (χ1) is 11.2. The highest BCUT2D eigenvalue weighted by Gasteiger charge is 2.26. The smallest absolute Gasteiger partial charge is 0.246 e. The molecule has 0 aromatic carbocycles. The first-order valence-electron chi connectivity index (χ1n) is 7.43. The van der Waals surface area contributed by atoms with Crippen LogP contribution in [-0.2, 0) is 9.59 Å². The van der Waals surface area contributed by atoms with Crippen LogP contribution in [0.1, 0.15) is 17.7 Å². The first kappa shape index (κ1) is 15.9. The molecule has 23 heavy (non-hydrogen) atoms. The first-order valence-corrected chi connectivity index (χ1v) is 9.19. The highest BCUT2D eigenvalue weighted by molar-refractivity contribution is 7.13. The SMILES string of the molecule is O=C(Nc1nccs1)C1CCN(C(=O)/C=C/c2cccs2)CC1. The molecule has 1 fully saturated rings. The molecule has 0 radical (unpaired) electrons. The van der Waals surface area contributed by atoms with Crippen LogP contribution in [0.25, 0.3) is 6.08 Å². The molecular weight excluding hydrogens is 330 g/mol. The van der Waals surface area contributed by atoms with Gasteiger partial charge in [-0.1, -0.05) is 6.07 Å². The van der Waals surface area contributed by atoms with Crippen molar-refractivity contribution in [1.29, 1.82) is 0 Å². The summed E-state index contributed by atoms with van der Waals surface area (Å²) in [6.07, 6.45) is 6.50. The molecular formula is C16H17N3O2S2. The maximum Gasteiger partial charge on any atom is 0.246 e.